The number of aliphatic carboxylic acids is 1. The molecule has 0 aliphatic carbocycles. The third-order valence-electron chi connectivity index (χ3n) is 6.18. The molecule has 9 heteroatoms. The van der Waals surface area contributed by atoms with E-state index in [1.54, 1.807) is 6.08 Å². The van der Waals surface area contributed by atoms with Crippen molar-refractivity contribution in [1.82, 2.24) is 20.0 Å². The van der Waals surface area contributed by atoms with Gasteiger partial charge in [-0.05, 0) is 37.0 Å². The van der Waals surface area contributed by atoms with E-state index in [2.05, 4.69) is 23.4 Å². The van der Waals surface area contributed by atoms with E-state index in [0.717, 1.165) is 56.7 Å². The molecule has 0 saturated carbocycles. The van der Waals surface area contributed by atoms with Crippen LogP contribution in [0.5, 0.6) is 0 Å². The van der Waals surface area contributed by atoms with Crippen LogP contribution in [0.3, 0.4) is 0 Å². The van der Waals surface area contributed by atoms with Gasteiger partial charge in [-0.1, -0.05) is 19.2 Å². The van der Waals surface area contributed by atoms with E-state index < -0.39 is 17.9 Å². The number of nitrogens with one attached hydrogen (secondary N) is 1. The molecule has 0 spiro atoms. The molecule has 1 atom stereocenters. The zero-order valence-electron chi connectivity index (χ0n) is 17.8. The van der Waals surface area contributed by atoms with E-state index >= 15 is 0 Å². The summed E-state index contributed by atoms with van der Waals surface area (Å²) in [5, 5.41) is 11.2. The normalized spacial score (nSPS) is 25.0. The van der Waals surface area contributed by atoms with Crippen molar-refractivity contribution in [3.8, 4) is 0 Å². The predicted octanol–water partition coefficient (Wildman–Crippen LogP) is 0.155. The number of rotatable bonds is 8. The summed E-state index contributed by atoms with van der Waals surface area (Å²) >= 11 is 0. The van der Waals surface area contributed by atoms with E-state index in [1.165, 1.54) is 4.90 Å². The van der Waals surface area contributed by atoms with E-state index in [-0.39, 0.29) is 24.8 Å². The average molecular weight is 431 g/mol. The van der Waals surface area contributed by atoms with Gasteiger partial charge in [0.15, 0.2) is 0 Å². The van der Waals surface area contributed by atoms with Gasteiger partial charge in [0.2, 0.25) is 11.8 Å². The molecule has 0 aromatic rings. The van der Waals surface area contributed by atoms with Gasteiger partial charge in [-0.2, -0.15) is 0 Å². The molecule has 3 amide bonds. The maximum Gasteiger partial charge on any atom is 0.317 e. The Balaban J connectivity index is 1.55. The van der Waals surface area contributed by atoms with Gasteiger partial charge in [0.25, 0.3) is 5.91 Å². The molecule has 9 nitrogen and oxygen atoms in total. The number of carbonyl (C=O) groups is 4. The minimum absolute atomic E-state index is 0.0837. The Morgan fingerprint density at radius 3 is 2.45 bits per heavy atom. The van der Waals surface area contributed by atoms with Crippen LogP contribution in [0.25, 0.3) is 0 Å². The first kappa shape index (κ1) is 22.9. The minimum Gasteiger partial charge on any atom is -0.480 e. The molecule has 3 aliphatic heterocycles. The van der Waals surface area contributed by atoms with Crippen molar-refractivity contribution >= 4 is 23.7 Å². The van der Waals surface area contributed by atoms with Crippen LogP contribution in [0.4, 0.5) is 0 Å². The van der Waals surface area contributed by atoms with Gasteiger partial charge in [-0.15, -0.1) is 0 Å². The van der Waals surface area contributed by atoms with E-state index in [9.17, 15) is 19.2 Å². The lowest BCUT2D eigenvalue weighted by Crippen LogP contribution is -2.52. The number of likely N-dealkylation sites (tertiary alicyclic amines) is 1. The number of imide groups is 1. The Labute approximate surface area is 182 Å². The van der Waals surface area contributed by atoms with Gasteiger partial charge in [0.05, 0.1) is 6.54 Å². The summed E-state index contributed by atoms with van der Waals surface area (Å²) in [7, 11) is 0. The number of carboxylic acid groups (broad SMARTS) is 1. The highest BCUT2D eigenvalue weighted by Gasteiger charge is 2.40. The molecule has 31 heavy (non-hydrogen) atoms. The van der Waals surface area contributed by atoms with Crippen LogP contribution < -0.4 is 5.32 Å². The number of allylic oxidation sites excluding steroid dienone is 2. The largest absolute Gasteiger partial charge is 0.480 e. The first-order chi connectivity index (χ1) is 14.8. The highest BCUT2D eigenvalue weighted by Crippen LogP contribution is 2.30. The van der Waals surface area contributed by atoms with Crippen molar-refractivity contribution in [2.75, 3.05) is 45.8 Å². The number of carboxylic acids is 1. The Hall–Kier alpha value is -2.78. The summed E-state index contributed by atoms with van der Waals surface area (Å²) in [6, 6.07) is -0.646. The maximum atomic E-state index is 12.7. The van der Waals surface area contributed by atoms with Gasteiger partial charge >= 0.3 is 5.97 Å². The van der Waals surface area contributed by atoms with E-state index in [4.69, 9.17) is 5.11 Å². The summed E-state index contributed by atoms with van der Waals surface area (Å²) in [4.78, 5) is 52.9. The summed E-state index contributed by atoms with van der Waals surface area (Å²) in [6.07, 6.45) is 3.92. The second-order valence-electron chi connectivity index (χ2n) is 8.20. The third kappa shape index (κ3) is 5.48. The number of carbonyl (C=O) groups excluding carboxylic acids is 3. The molecule has 3 heterocycles. The monoisotopic (exact) mass is 430 g/mol. The summed E-state index contributed by atoms with van der Waals surface area (Å²) < 4.78 is 0. The lowest BCUT2D eigenvalue weighted by Gasteiger charge is -2.33. The summed E-state index contributed by atoms with van der Waals surface area (Å²) in [6.45, 7) is 12.3. The van der Waals surface area contributed by atoms with Crippen molar-refractivity contribution < 1.29 is 24.3 Å². The highest BCUT2D eigenvalue weighted by molar-refractivity contribution is 6.06. The number of piperazine rings is 1. The molecule has 3 aliphatic rings. The quantitative estimate of drug-likeness (QED) is 0.417. The SMILES string of the molecule is C=C/C(CCCN1CCN(CC(=O)O)CC1)=C1/CN(C2CCC(=O)NC2=O)C(=O)C1=C. The number of hydrogen-bond donors (Lipinski definition) is 2. The maximum absolute atomic E-state index is 12.7. The highest BCUT2D eigenvalue weighted by atomic mass is 16.4. The van der Waals surface area contributed by atoms with Crippen LogP contribution in [0.15, 0.2) is 36.0 Å². The van der Waals surface area contributed by atoms with Crippen LogP contribution in [0.1, 0.15) is 25.7 Å². The van der Waals surface area contributed by atoms with Crippen molar-refractivity contribution in [2.45, 2.75) is 31.7 Å². The number of amides is 3. The first-order valence-corrected chi connectivity index (χ1v) is 10.6. The summed E-state index contributed by atoms with van der Waals surface area (Å²) in [5.41, 5.74) is 2.16. The molecule has 0 bridgehead atoms. The van der Waals surface area contributed by atoms with Crippen LogP contribution in [-0.4, -0.2) is 95.4 Å². The molecule has 0 radical (unpaired) electrons. The van der Waals surface area contributed by atoms with Crippen molar-refractivity contribution in [3.05, 3.63) is 36.0 Å². The molecule has 3 rings (SSSR count). The van der Waals surface area contributed by atoms with Gasteiger partial charge in [0.1, 0.15) is 6.04 Å². The zero-order chi connectivity index (χ0) is 22.5. The van der Waals surface area contributed by atoms with Crippen LogP contribution in [0.2, 0.25) is 0 Å². The van der Waals surface area contributed by atoms with Gasteiger partial charge in [0, 0.05) is 44.7 Å². The molecule has 3 fully saturated rings. The summed E-state index contributed by atoms with van der Waals surface area (Å²) in [5.74, 6) is -1.80. The fourth-order valence-electron chi connectivity index (χ4n) is 4.40. The fourth-order valence-corrected chi connectivity index (χ4v) is 4.40. The predicted molar refractivity (Wildman–Crippen MR) is 114 cm³/mol. The topological polar surface area (TPSA) is 110 Å². The molecular formula is C22H30N4O5. The Kier molecular flexibility index (Phi) is 7.40. The van der Waals surface area contributed by atoms with E-state index in [1.807, 2.05) is 4.90 Å². The Morgan fingerprint density at radius 1 is 1.16 bits per heavy atom. The van der Waals surface area contributed by atoms with Gasteiger partial charge in [-0.25, -0.2) is 0 Å². The zero-order valence-corrected chi connectivity index (χ0v) is 17.8. The molecule has 1 unspecified atom stereocenters. The lowest BCUT2D eigenvalue weighted by atomic mass is 9.99. The smallest absolute Gasteiger partial charge is 0.317 e. The lowest BCUT2D eigenvalue weighted by molar-refractivity contribution is -0.142. The van der Waals surface area contributed by atoms with Gasteiger partial charge < -0.3 is 14.9 Å². The molecule has 0 aromatic heterocycles. The molecule has 168 valence electrons. The number of hydrogen-bond acceptors (Lipinski definition) is 6. The Bertz CT molecular complexity index is 826. The molecular weight excluding hydrogens is 400 g/mol. The third-order valence-corrected chi connectivity index (χ3v) is 6.18. The molecule has 3 saturated heterocycles. The first-order valence-electron chi connectivity index (χ1n) is 10.6. The minimum atomic E-state index is -0.798. The van der Waals surface area contributed by atoms with Crippen LogP contribution in [-0.2, 0) is 19.2 Å². The van der Waals surface area contributed by atoms with Crippen LogP contribution in [0, 0.1) is 0 Å². The van der Waals surface area contributed by atoms with Crippen molar-refractivity contribution in [1.29, 1.82) is 0 Å². The van der Waals surface area contributed by atoms with Crippen LogP contribution >= 0.6 is 0 Å². The number of piperidine rings is 1. The van der Waals surface area contributed by atoms with E-state index in [0.29, 0.717) is 18.5 Å². The average Bonchev–Trinajstić information content (AvgIpc) is 3.01. The Morgan fingerprint density at radius 2 is 1.84 bits per heavy atom. The van der Waals surface area contributed by atoms with Gasteiger partial charge in [-0.3, -0.25) is 29.4 Å². The van der Waals surface area contributed by atoms with Crippen molar-refractivity contribution in [2.24, 2.45) is 0 Å². The standard InChI is InChI=1S/C22H30N4O5/c1-3-16(5-4-8-24-9-11-25(12-10-24)14-20(28)29)17-13-26(22(31)15(17)2)18-6-7-19(27)23-21(18)30/h3,18H,1-2,4-14H2,(H,28,29)(H,23,27,30)/b17-16+. The fraction of sp³-hybridized carbons (Fsp3) is 0.545. The molecule has 0 aromatic carbocycles. The van der Waals surface area contributed by atoms with Crippen molar-refractivity contribution in [3.63, 3.8) is 0 Å². The number of nitrogens with zero attached hydrogens (tertiary/aromatic N) is 3. The second-order valence-corrected chi connectivity index (χ2v) is 8.20. The molecule has 2 N–H and O–H groups in total. The second kappa shape index (κ2) is 10.0.